The number of rotatable bonds is 4. The van der Waals surface area contributed by atoms with Crippen molar-refractivity contribution < 1.29 is 19.4 Å². The minimum atomic E-state index is -0.229. The summed E-state index contributed by atoms with van der Waals surface area (Å²) in [7, 11) is 0. The van der Waals surface area contributed by atoms with Gasteiger partial charge in [-0.3, -0.25) is 9.59 Å². The van der Waals surface area contributed by atoms with Crippen LogP contribution in [0, 0.1) is 0 Å². The van der Waals surface area contributed by atoms with Crippen LogP contribution in [-0.2, 0) is 0 Å². The first-order valence-corrected chi connectivity index (χ1v) is 4.13. The largest absolute Gasteiger partial charge is 0.504 e. The highest BCUT2D eigenvalue weighted by molar-refractivity contribution is 5.86. The fraction of sp³-hybridized carbons (Fsp3) is 0.200. The van der Waals surface area contributed by atoms with Gasteiger partial charge in [0.1, 0.15) is 6.29 Å². The van der Waals surface area contributed by atoms with E-state index in [1.807, 2.05) is 0 Å². The van der Waals surface area contributed by atoms with Crippen LogP contribution in [0.2, 0.25) is 0 Å². The van der Waals surface area contributed by atoms with Crippen LogP contribution in [0.1, 0.15) is 27.6 Å². The SMILES string of the molecule is CCOc1cc(C=O)cc(C=O)c1O. The van der Waals surface area contributed by atoms with Crippen LogP contribution in [-0.4, -0.2) is 24.3 Å². The Labute approximate surface area is 81.1 Å². The van der Waals surface area contributed by atoms with Crippen molar-refractivity contribution in [3.8, 4) is 11.5 Å². The van der Waals surface area contributed by atoms with Gasteiger partial charge in [0.15, 0.2) is 17.8 Å². The van der Waals surface area contributed by atoms with E-state index in [4.69, 9.17) is 4.74 Å². The molecular formula is C10H10O4. The number of phenolic OH excluding ortho intramolecular Hbond substituents is 1. The average Bonchev–Trinajstić information content (AvgIpc) is 2.21. The van der Waals surface area contributed by atoms with E-state index in [-0.39, 0.29) is 17.1 Å². The second kappa shape index (κ2) is 4.41. The Kier molecular flexibility index (Phi) is 3.23. The number of benzene rings is 1. The fourth-order valence-electron chi connectivity index (χ4n) is 1.07. The van der Waals surface area contributed by atoms with E-state index in [2.05, 4.69) is 0 Å². The molecule has 0 fully saturated rings. The molecule has 0 aliphatic rings. The highest BCUT2D eigenvalue weighted by Gasteiger charge is 2.09. The lowest BCUT2D eigenvalue weighted by Gasteiger charge is -2.07. The molecule has 0 heterocycles. The number of carbonyl (C=O) groups is 2. The summed E-state index contributed by atoms with van der Waals surface area (Å²) in [4.78, 5) is 21.0. The summed E-state index contributed by atoms with van der Waals surface area (Å²) >= 11 is 0. The molecule has 0 aliphatic carbocycles. The van der Waals surface area contributed by atoms with Gasteiger partial charge in [-0.05, 0) is 19.1 Å². The Balaban J connectivity index is 3.25. The van der Waals surface area contributed by atoms with Gasteiger partial charge in [-0.1, -0.05) is 0 Å². The zero-order chi connectivity index (χ0) is 10.6. The lowest BCUT2D eigenvalue weighted by Crippen LogP contribution is -1.96. The van der Waals surface area contributed by atoms with E-state index >= 15 is 0 Å². The normalized spacial score (nSPS) is 9.50. The molecule has 0 aromatic heterocycles. The summed E-state index contributed by atoms with van der Waals surface area (Å²) in [6.07, 6.45) is 1.07. The summed E-state index contributed by atoms with van der Waals surface area (Å²) in [5.74, 6) is -0.0772. The maximum Gasteiger partial charge on any atom is 0.168 e. The number of carbonyl (C=O) groups excluding carboxylic acids is 2. The molecule has 0 amide bonds. The minimum Gasteiger partial charge on any atom is -0.504 e. The van der Waals surface area contributed by atoms with Crippen LogP contribution >= 0.6 is 0 Å². The van der Waals surface area contributed by atoms with Crippen molar-refractivity contribution in [2.45, 2.75) is 6.92 Å². The first kappa shape index (κ1) is 10.2. The molecule has 4 heteroatoms. The van der Waals surface area contributed by atoms with Crippen molar-refractivity contribution >= 4 is 12.6 Å². The molecule has 0 radical (unpaired) electrons. The summed E-state index contributed by atoms with van der Waals surface area (Å²) in [6.45, 7) is 2.10. The van der Waals surface area contributed by atoms with E-state index in [1.54, 1.807) is 6.92 Å². The maximum atomic E-state index is 10.5. The van der Waals surface area contributed by atoms with Crippen LogP contribution in [0.15, 0.2) is 12.1 Å². The first-order chi connectivity index (χ1) is 6.72. The smallest absolute Gasteiger partial charge is 0.168 e. The van der Waals surface area contributed by atoms with Gasteiger partial charge in [0.05, 0.1) is 12.2 Å². The molecule has 4 nitrogen and oxygen atoms in total. The molecule has 0 spiro atoms. The molecule has 74 valence electrons. The highest BCUT2D eigenvalue weighted by Crippen LogP contribution is 2.30. The zero-order valence-corrected chi connectivity index (χ0v) is 7.69. The number of hydrogen-bond acceptors (Lipinski definition) is 4. The molecule has 0 atom stereocenters. The third-order valence-corrected chi connectivity index (χ3v) is 1.69. The molecule has 0 saturated heterocycles. The van der Waals surface area contributed by atoms with Gasteiger partial charge in [0.25, 0.3) is 0 Å². The van der Waals surface area contributed by atoms with E-state index in [1.165, 1.54) is 12.1 Å². The predicted octanol–water partition coefficient (Wildman–Crippen LogP) is 1.42. The lowest BCUT2D eigenvalue weighted by molar-refractivity contribution is 0.112. The van der Waals surface area contributed by atoms with Gasteiger partial charge in [0, 0.05) is 5.56 Å². The monoisotopic (exact) mass is 194 g/mol. The second-order valence-corrected chi connectivity index (χ2v) is 2.63. The summed E-state index contributed by atoms with van der Waals surface area (Å²) in [6, 6.07) is 2.69. The van der Waals surface area contributed by atoms with Gasteiger partial charge in [0.2, 0.25) is 0 Å². The van der Waals surface area contributed by atoms with E-state index in [9.17, 15) is 14.7 Å². The van der Waals surface area contributed by atoms with Gasteiger partial charge in [-0.25, -0.2) is 0 Å². The van der Waals surface area contributed by atoms with Crippen molar-refractivity contribution in [1.29, 1.82) is 0 Å². The molecule has 1 N–H and O–H groups in total. The van der Waals surface area contributed by atoms with Gasteiger partial charge in [-0.15, -0.1) is 0 Å². The van der Waals surface area contributed by atoms with Crippen molar-refractivity contribution in [3.63, 3.8) is 0 Å². The minimum absolute atomic E-state index is 0.0538. The maximum absolute atomic E-state index is 10.5. The van der Waals surface area contributed by atoms with Crippen molar-refractivity contribution in [3.05, 3.63) is 23.3 Å². The molecule has 1 aromatic carbocycles. The number of aromatic hydroxyl groups is 1. The quantitative estimate of drug-likeness (QED) is 0.736. The topological polar surface area (TPSA) is 63.6 Å². The molecular weight excluding hydrogens is 184 g/mol. The van der Waals surface area contributed by atoms with E-state index in [0.717, 1.165) is 0 Å². The Morgan fingerprint density at radius 3 is 2.57 bits per heavy atom. The summed E-state index contributed by atoms with van der Waals surface area (Å²) in [5, 5.41) is 9.47. The molecule has 0 unspecified atom stereocenters. The Morgan fingerprint density at radius 1 is 1.36 bits per heavy atom. The number of hydrogen-bond donors (Lipinski definition) is 1. The lowest BCUT2D eigenvalue weighted by atomic mass is 10.1. The van der Waals surface area contributed by atoms with Crippen LogP contribution in [0.25, 0.3) is 0 Å². The highest BCUT2D eigenvalue weighted by atomic mass is 16.5. The fourth-order valence-corrected chi connectivity index (χ4v) is 1.07. The standard InChI is InChI=1S/C10H10O4/c1-2-14-9-4-7(5-11)3-8(6-12)10(9)13/h3-6,13H,2H2,1H3. The molecule has 1 rings (SSSR count). The number of ether oxygens (including phenoxy) is 1. The second-order valence-electron chi connectivity index (χ2n) is 2.63. The third kappa shape index (κ3) is 1.90. The van der Waals surface area contributed by atoms with Gasteiger partial charge < -0.3 is 9.84 Å². The predicted molar refractivity (Wildman–Crippen MR) is 50.1 cm³/mol. The first-order valence-electron chi connectivity index (χ1n) is 4.13. The molecule has 14 heavy (non-hydrogen) atoms. The van der Waals surface area contributed by atoms with Crippen molar-refractivity contribution in [1.82, 2.24) is 0 Å². The van der Waals surface area contributed by atoms with Crippen molar-refractivity contribution in [2.24, 2.45) is 0 Å². The summed E-state index contributed by atoms with van der Waals surface area (Å²) in [5.41, 5.74) is 0.353. The Morgan fingerprint density at radius 2 is 2.07 bits per heavy atom. The number of aldehydes is 2. The number of phenols is 1. The Bertz CT molecular complexity index is 357. The van der Waals surface area contributed by atoms with Crippen LogP contribution in [0.4, 0.5) is 0 Å². The zero-order valence-electron chi connectivity index (χ0n) is 7.69. The third-order valence-electron chi connectivity index (χ3n) is 1.69. The molecule has 0 aliphatic heterocycles. The Hall–Kier alpha value is -1.84. The van der Waals surface area contributed by atoms with E-state index in [0.29, 0.717) is 24.7 Å². The van der Waals surface area contributed by atoms with Crippen LogP contribution < -0.4 is 4.74 Å². The van der Waals surface area contributed by atoms with Gasteiger partial charge in [-0.2, -0.15) is 0 Å². The van der Waals surface area contributed by atoms with E-state index < -0.39 is 0 Å². The average molecular weight is 194 g/mol. The molecule has 1 aromatic rings. The van der Waals surface area contributed by atoms with Crippen LogP contribution in [0.5, 0.6) is 11.5 Å². The molecule has 0 bridgehead atoms. The van der Waals surface area contributed by atoms with Crippen molar-refractivity contribution in [2.75, 3.05) is 6.61 Å². The van der Waals surface area contributed by atoms with Gasteiger partial charge >= 0.3 is 0 Å². The molecule has 0 saturated carbocycles. The summed E-state index contributed by atoms with van der Waals surface area (Å²) < 4.78 is 5.05. The van der Waals surface area contributed by atoms with Crippen LogP contribution in [0.3, 0.4) is 0 Å².